The molecule has 6 rings (SSSR count). The van der Waals surface area contributed by atoms with Crippen LogP contribution in [0.15, 0.2) is 59.6 Å². The number of aromatic amines is 1. The maximum atomic E-state index is 16.3. The van der Waals surface area contributed by atoms with Gasteiger partial charge in [0, 0.05) is 66.0 Å². The van der Waals surface area contributed by atoms with Crippen LogP contribution in [0.2, 0.25) is 0 Å². The average Bonchev–Trinajstić information content (AvgIpc) is 3.48. The summed E-state index contributed by atoms with van der Waals surface area (Å²) >= 11 is 1.70. The van der Waals surface area contributed by atoms with Crippen LogP contribution in [0.3, 0.4) is 0 Å². The molecule has 10 heteroatoms. The fourth-order valence-corrected chi connectivity index (χ4v) is 5.60. The molecule has 4 aromatic rings. The Kier molecular flexibility index (Phi) is 5.83. The van der Waals surface area contributed by atoms with Crippen LogP contribution in [-0.2, 0) is 6.42 Å². The summed E-state index contributed by atoms with van der Waals surface area (Å²) in [7, 11) is 5.71. The first-order valence-electron chi connectivity index (χ1n) is 12.2. The predicted octanol–water partition coefficient (Wildman–Crippen LogP) is 4.52. The fraction of sp³-hybridized carbons (Fsp3) is 0.214. The van der Waals surface area contributed by atoms with Crippen molar-refractivity contribution in [3.05, 3.63) is 93.0 Å². The Labute approximate surface area is 224 Å². The van der Waals surface area contributed by atoms with Crippen LogP contribution in [0.4, 0.5) is 15.8 Å². The molecule has 3 N–H and O–H groups in total. The van der Waals surface area contributed by atoms with Gasteiger partial charge in [0.1, 0.15) is 18.1 Å². The van der Waals surface area contributed by atoms with Gasteiger partial charge in [0.2, 0.25) is 0 Å². The minimum atomic E-state index is -0.457. The largest absolute Gasteiger partial charge is 0.402 e. The van der Waals surface area contributed by atoms with E-state index in [0.29, 0.717) is 41.4 Å². The Bertz CT molecular complexity index is 1660. The minimum absolute atomic E-state index is 0.220. The molecule has 5 heterocycles. The molecule has 0 unspecified atom stereocenters. The van der Waals surface area contributed by atoms with Gasteiger partial charge >= 0.3 is 0 Å². The number of imidazole rings is 1. The SMILES string of the molecule is Cc1ccc(C2=CC=C(N)Cc3[nH]c(C4=NCN(C)c5cnc(-c6cncc(N(C)C)c6)c(F)c54)nc32)s1. The molecule has 2 aliphatic rings. The number of nitrogens with two attached hydrogens (primary N) is 1. The van der Waals surface area contributed by atoms with Gasteiger partial charge in [-0.15, -0.1) is 11.3 Å². The highest BCUT2D eigenvalue weighted by Gasteiger charge is 2.30. The summed E-state index contributed by atoms with van der Waals surface area (Å²) < 4.78 is 16.3. The number of fused-ring (bicyclic) bond motifs is 2. The minimum Gasteiger partial charge on any atom is -0.402 e. The molecule has 0 bridgehead atoms. The zero-order valence-electron chi connectivity index (χ0n) is 21.6. The van der Waals surface area contributed by atoms with Gasteiger partial charge in [0.05, 0.1) is 35.0 Å². The third-order valence-electron chi connectivity index (χ3n) is 6.71. The second kappa shape index (κ2) is 9.21. The van der Waals surface area contributed by atoms with Gasteiger partial charge < -0.3 is 20.5 Å². The second-order valence-electron chi connectivity index (χ2n) is 9.67. The van der Waals surface area contributed by atoms with Crippen LogP contribution in [-0.4, -0.2) is 53.5 Å². The summed E-state index contributed by atoms with van der Waals surface area (Å²) in [6.07, 6.45) is 9.50. The molecule has 0 saturated heterocycles. The van der Waals surface area contributed by atoms with Crippen LogP contribution in [0.1, 0.15) is 32.5 Å². The van der Waals surface area contributed by atoms with Gasteiger partial charge in [-0.25, -0.2) is 9.37 Å². The first-order valence-corrected chi connectivity index (χ1v) is 13.0. The number of H-pyrrole nitrogens is 1. The molecule has 0 spiro atoms. The van der Waals surface area contributed by atoms with Crippen LogP contribution in [0, 0.1) is 12.7 Å². The molecule has 0 saturated carbocycles. The number of thiophene rings is 1. The summed E-state index contributed by atoms with van der Waals surface area (Å²) in [6.45, 7) is 2.44. The second-order valence-corrected chi connectivity index (χ2v) is 11.0. The number of aromatic nitrogens is 4. The summed E-state index contributed by atoms with van der Waals surface area (Å²) in [5.74, 6) is 0.0515. The zero-order chi connectivity index (χ0) is 26.6. The van der Waals surface area contributed by atoms with Crippen molar-refractivity contribution in [2.24, 2.45) is 10.7 Å². The maximum Gasteiger partial charge on any atom is 0.161 e. The summed E-state index contributed by atoms with van der Waals surface area (Å²) in [5.41, 5.74) is 12.8. The van der Waals surface area contributed by atoms with E-state index in [1.807, 2.05) is 49.2 Å². The fourth-order valence-electron chi connectivity index (χ4n) is 4.70. The van der Waals surface area contributed by atoms with Crippen molar-refractivity contribution in [2.45, 2.75) is 13.3 Å². The Morgan fingerprint density at radius 1 is 1.13 bits per heavy atom. The lowest BCUT2D eigenvalue weighted by Crippen LogP contribution is -2.28. The molecular formula is C28H27FN8S. The lowest BCUT2D eigenvalue weighted by atomic mass is 10.0. The molecule has 38 heavy (non-hydrogen) atoms. The number of pyridine rings is 2. The number of anilines is 2. The maximum absolute atomic E-state index is 16.3. The molecule has 0 aromatic carbocycles. The Morgan fingerprint density at radius 3 is 2.74 bits per heavy atom. The first-order chi connectivity index (χ1) is 18.3. The number of hydrogen-bond donors (Lipinski definition) is 2. The number of halogens is 1. The molecule has 0 fully saturated rings. The van der Waals surface area contributed by atoms with Gasteiger partial charge in [-0.05, 0) is 37.3 Å². The summed E-state index contributed by atoms with van der Waals surface area (Å²) in [5, 5.41) is 0. The van der Waals surface area contributed by atoms with E-state index in [4.69, 9.17) is 15.7 Å². The number of nitrogens with zero attached hydrogens (tertiary/aromatic N) is 6. The van der Waals surface area contributed by atoms with Crippen LogP contribution in [0.25, 0.3) is 16.8 Å². The molecule has 0 amide bonds. The van der Waals surface area contributed by atoms with E-state index in [1.165, 1.54) is 4.88 Å². The van der Waals surface area contributed by atoms with Gasteiger partial charge in [-0.1, -0.05) is 0 Å². The average molecular weight is 527 g/mol. The van der Waals surface area contributed by atoms with Crippen LogP contribution in [0.5, 0.6) is 0 Å². The van der Waals surface area contributed by atoms with E-state index < -0.39 is 5.82 Å². The molecule has 192 valence electrons. The van der Waals surface area contributed by atoms with Crippen molar-refractivity contribution in [2.75, 3.05) is 37.6 Å². The predicted molar refractivity (Wildman–Crippen MR) is 151 cm³/mol. The lowest BCUT2D eigenvalue weighted by molar-refractivity contribution is 0.620. The molecule has 8 nitrogen and oxygen atoms in total. The number of nitrogens with one attached hydrogen (secondary N) is 1. The molecule has 1 aliphatic carbocycles. The van der Waals surface area contributed by atoms with E-state index in [1.54, 1.807) is 29.9 Å². The Morgan fingerprint density at radius 2 is 1.97 bits per heavy atom. The highest BCUT2D eigenvalue weighted by Crippen LogP contribution is 2.36. The van der Waals surface area contributed by atoms with E-state index >= 15 is 4.39 Å². The first kappa shape index (κ1) is 24.1. The third-order valence-corrected chi connectivity index (χ3v) is 7.75. The van der Waals surface area contributed by atoms with E-state index in [0.717, 1.165) is 33.2 Å². The lowest BCUT2D eigenvalue weighted by Gasteiger charge is -2.26. The highest BCUT2D eigenvalue weighted by atomic mass is 32.1. The topological polar surface area (TPSA) is 99.3 Å². The van der Waals surface area contributed by atoms with Crippen LogP contribution >= 0.6 is 11.3 Å². The number of rotatable bonds is 4. The highest BCUT2D eigenvalue weighted by molar-refractivity contribution is 7.13. The van der Waals surface area contributed by atoms with Crippen molar-refractivity contribution in [3.63, 3.8) is 0 Å². The number of allylic oxidation sites excluding steroid dienone is 3. The van der Waals surface area contributed by atoms with Crippen molar-refractivity contribution in [3.8, 4) is 11.3 Å². The number of aryl methyl sites for hydroxylation is 1. The van der Waals surface area contributed by atoms with Crippen molar-refractivity contribution >= 4 is 34.0 Å². The standard InChI is InChI=1S/C28H27FN8S/c1-15-5-8-22(38-15)19-7-6-17(30)10-20-26(19)35-28(34-20)27-23-21(37(4)14-33-27)13-32-25(24(23)29)16-9-18(36(2)3)12-31-11-16/h5-9,11-13H,10,14,30H2,1-4H3,(H,34,35). The molecule has 0 radical (unpaired) electrons. The molecule has 0 atom stereocenters. The van der Waals surface area contributed by atoms with Gasteiger partial charge in [0.25, 0.3) is 0 Å². The Hall–Kier alpha value is -4.31. The van der Waals surface area contributed by atoms with Crippen LogP contribution < -0.4 is 15.5 Å². The van der Waals surface area contributed by atoms with E-state index in [9.17, 15) is 0 Å². The van der Waals surface area contributed by atoms with Crippen molar-refractivity contribution in [1.82, 2.24) is 19.9 Å². The van der Waals surface area contributed by atoms with E-state index in [2.05, 4.69) is 34.0 Å². The van der Waals surface area contributed by atoms with Gasteiger partial charge in [0.15, 0.2) is 11.6 Å². The molecule has 4 aromatic heterocycles. The third kappa shape index (κ3) is 4.06. The summed E-state index contributed by atoms with van der Waals surface area (Å²) in [4.78, 5) is 28.0. The Balaban J connectivity index is 1.49. The normalized spacial score (nSPS) is 14.8. The number of aliphatic imine (C=N–C) groups is 1. The zero-order valence-corrected chi connectivity index (χ0v) is 22.4. The van der Waals surface area contributed by atoms with Crippen molar-refractivity contribution in [1.29, 1.82) is 0 Å². The van der Waals surface area contributed by atoms with E-state index in [-0.39, 0.29) is 5.69 Å². The van der Waals surface area contributed by atoms with Gasteiger partial charge in [-0.3, -0.25) is 15.0 Å². The quantitative estimate of drug-likeness (QED) is 0.406. The molecule has 1 aliphatic heterocycles. The molecular weight excluding hydrogens is 499 g/mol. The monoisotopic (exact) mass is 526 g/mol. The van der Waals surface area contributed by atoms with Gasteiger partial charge in [-0.2, -0.15) is 0 Å². The number of hydrogen-bond acceptors (Lipinski definition) is 8. The summed E-state index contributed by atoms with van der Waals surface area (Å²) in [6, 6.07) is 6.06. The smallest absolute Gasteiger partial charge is 0.161 e. The van der Waals surface area contributed by atoms with Crippen molar-refractivity contribution < 1.29 is 4.39 Å².